The molecule has 0 aliphatic rings. The molecular formula is C16H17BrFNO. The molecule has 0 spiro atoms. The third-order valence-corrected chi connectivity index (χ3v) is 4.28. The number of ether oxygens (including phenoxy) is 1. The standard InChI is InChI=1S/C16H17BrFNO/c1-10-6-4-8-13(16(10)17)19-11(2)15-12(18)7-5-9-14(15)20-3/h4-9,11,19H,1-3H3. The summed E-state index contributed by atoms with van der Waals surface area (Å²) in [6.45, 7) is 3.93. The van der Waals surface area contributed by atoms with Crippen LogP contribution in [0.4, 0.5) is 10.1 Å². The van der Waals surface area contributed by atoms with Crippen LogP contribution < -0.4 is 10.1 Å². The van der Waals surface area contributed by atoms with E-state index in [0.29, 0.717) is 11.3 Å². The van der Waals surface area contributed by atoms with Gasteiger partial charge >= 0.3 is 0 Å². The molecule has 0 radical (unpaired) electrons. The minimum Gasteiger partial charge on any atom is -0.496 e. The van der Waals surface area contributed by atoms with Crippen molar-refractivity contribution in [2.75, 3.05) is 12.4 Å². The fourth-order valence-corrected chi connectivity index (χ4v) is 2.56. The highest BCUT2D eigenvalue weighted by Crippen LogP contribution is 2.33. The maximum absolute atomic E-state index is 14.0. The smallest absolute Gasteiger partial charge is 0.132 e. The Balaban J connectivity index is 2.33. The Bertz CT molecular complexity index is 615. The molecule has 0 aromatic heterocycles. The predicted molar refractivity (Wildman–Crippen MR) is 83.9 cm³/mol. The molecule has 1 unspecified atom stereocenters. The van der Waals surface area contributed by atoms with E-state index in [4.69, 9.17) is 4.74 Å². The number of methoxy groups -OCH3 is 1. The zero-order valence-corrected chi connectivity index (χ0v) is 13.3. The molecule has 2 aromatic rings. The molecule has 1 N–H and O–H groups in total. The molecule has 4 heteroatoms. The number of rotatable bonds is 4. The van der Waals surface area contributed by atoms with Crippen molar-refractivity contribution >= 4 is 21.6 Å². The first-order chi connectivity index (χ1) is 9.54. The van der Waals surface area contributed by atoms with Gasteiger partial charge in [-0.15, -0.1) is 0 Å². The van der Waals surface area contributed by atoms with Crippen molar-refractivity contribution in [2.24, 2.45) is 0 Å². The lowest BCUT2D eigenvalue weighted by molar-refractivity contribution is 0.402. The van der Waals surface area contributed by atoms with Crippen LogP contribution in [-0.4, -0.2) is 7.11 Å². The average molecular weight is 338 g/mol. The van der Waals surface area contributed by atoms with Gasteiger partial charge in [-0.2, -0.15) is 0 Å². The summed E-state index contributed by atoms with van der Waals surface area (Å²) < 4.78 is 20.3. The van der Waals surface area contributed by atoms with Gasteiger partial charge in [0.25, 0.3) is 0 Å². The second-order valence-electron chi connectivity index (χ2n) is 4.66. The van der Waals surface area contributed by atoms with Crippen molar-refractivity contribution in [3.05, 3.63) is 57.8 Å². The molecule has 0 saturated carbocycles. The number of anilines is 1. The lowest BCUT2D eigenvalue weighted by Crippen LogP contribution is -2.11. The average Bonchev–Trinajstić information content (AvgIpc) is 2.43. The van der Waals surface area contributed by atoms with E-state index >= 15 is 0 Å². The second kappa shape index (κ2) is 6.27. The minimum absolute atomic E-state index is 0.204. The van der Waals surface area contributed by atoms with Gasteiger partial charge in [0.05, 0.1) is 18.7 Å². The molecule has 0 aliphatic carbocycles. The maximum atomic E-state index is 14.0. The van der Waals surface area contributed by atoms with E-state index in [1.54, 1.807) is 19.2 Å². The summed E-state index contributed by atoms with van der Waals surface area (Å²) in [4.78, 5) is 0. The van der Waals surface area contributed by atoms with E-state index < -0.39 is 0 Å². The van der Waals surface area contributed by atoms with E-state index in [0.717, 1.165) is 15.7 Å². The molecular weight excluding hydrogens is 321 g/mol. The zero-order chi connectivity index (χ0) is 14.7. The first-order valence-electron chi connectivity index (χ1n) is 6.38. The van der Waals surface area contributed by atoms with Crippen LogP contribution >= 0.6 is 15.9 Å². The molecule has 1 atom stereocenters. The first kappa shape index (κ1) is 14.9. The van der Waals surface area contributed by atoms with Gasteiger partial charge in [-0.3, -0.25) is 0 Å². The highest BCUT2D eigenvalue weighted by molar-refractivity contribution is 9.10. The Hall–Kier alpha value is -1.55. The molecule has 0 aliphatic heterocycles. The van der Waals surface area contributed by atoms with E-state index in [2.05, 4.69) is 21.2 Å². The van der Waals surface area contributed by atoms with Crippen molar-refractivity contribution in [3.63, 3.8) is 0 Å². The quantitative estimate of drug-likeness (QED) is 0.840. The molecule has 20 heavy (non-hydrogen) atoms. The molecule has 2 rings (SSSR count). The van der Waals surface area contributed by atoms with Crippen molar-refractivity contribution < 1.29 is 9.13 Å². The summed E-state index contributed by atoms with van der Waals surface area (Å²) >= 11 is 3.55. The first-order valence-corrected chi connectivity index (χ1v) is 7.18. The summed E-state index contributed by atoms with van der Waals surface area (Å²) in [5.41, 5.74) is 2.59. The third-order valence-electron chi connectivity index (χ3n) is 3.23. The largest absolute Gasteiger partial charge is 0.496 e. The summed E-state index contributed by atoms with van der Waals surface area (Å²) in [7, 11) is 1.55. The second-order valence-corrected chi connectivity index (χ2v) is 5.45. The van der Waals surface area contributed by atoms with Crippen molar-refractivity contribution in [3.8, 4) is 5.75 Å². The minimum atomic E-state index is -0.270. The molecule has 0 saturated heterocycles. The number of halogens is 2. The van der Waals surface area contributed by atoms with Crippen molar-refractivity contribution in [2.45, 2.75) is 19.9 Å². The zero-order valence-electron chi connectivity index (χ0n) is 11.7. The molecule has 0 amide bonds. The Morgan fingerprint density at radius 1 is 1.20 bits per heavy atom. The molecule has 2 aromatic carbocycles. The van der Waals surface area contributed by atoms with Crippen molar-refractivity contribution in [1.29, 1.82) is 0 Å². The predicted octanol–water partition coefficient (Wildman–Crippen LogP) is 5.08. The lowest BCUT2D eigenvalue weighted by atomic mass is 10.1. The molecule has 0 heterocycles. The van der Waals surface area contributed by atoms with Gasteiger partial charge in [0.15, 0.2) is 0 Å². The van der Waals surface area contributed by atoms with Crippen LogP contribution in [-0.2, 0) is 0 Å². The monoisotopic (exact) mass is 337 g/mol. The van der Waals surface area contributed by atoms with Crippen LogP contribution in [0.2, 0.25) is 0 Å². The molecule has 2 nitrogen and oxygen atoms in total. The summed E-state index contributed by atoms with van der Waals surface area (Å²) in [5, 5.41) is 3.32. The summed E-state index contributed by atoms with van der Waals surface area (Å²) in [6.07, 6.45) is 0. The van der Waals surface area contributed by atoms with Crippen molar-refractivity contribution in [1.82, 2.24) is 0 Å². The van der Waals surface area contributed by atoms with Gasteiger partial charge in [-0.1, -0.05) is 18.2 Å². The Labute approximate surface area is 127 Å². The van der Waals surface area contributed by atoms with Crippen LogP contribution in [0.5, 0.6) is 5.75 Å². The lowest BCUT2D eigenvalue weighted by Gasteiger charge is -2.20. The molecule has 0 fully saturated rings. The van der Waals surface area contributed by atoms with Gasteiger partial charge in [-0.05, 0) is 53.5 Å². The topological polar surface area (TPSA) is 21.3 Å². The third kappa shape index (κ3) is 2.96. The fourth-order valence-electron chi connectivity index (χ4n) is 2.18. The summed E-state index contributed by atoms with van der Waals surface area (Å²) in [6, 6.07) is 10.6. The number of aryl methyl sites for hydroxylation is 1. The SMILES string of the molecule is COc1cccc(F)c1C(C)Nc1cccc(C)c1Br. The van der Waals surface area contributed by atoms with E-state index in [1.165, 1.54) is 6.07 Å². The highest BCUT2D eigenvalue weighted by atomic mass is 79.9. The van der Waals surface area contributed by atoms with Gasteiger partial charge < -0.3 is 10.1 Å². The fraction of sp³-hybridized carbons (Fsp3) is 0.250. The van der Waals surface area contributed by atoms with Gasteiger partial charge in [-0.25, -0.2) is 4.39 Å². The van der Waals surface area contributed by atoms with Crippen LogP contribution in [0.3, 0.4) is 0 Å². The number of benzene rings is 2. The van der Waals surface area contributed by atoms with Crippen LogP contribution in [0.15, 0.2) is 40.9 Å². The van der Waals surface area contributed by atoms with Crippen LogP contribution in [0.25, 0.3) is 0 Å². The maximum Gasteiger partial charge on any atom is 0.132 e. The number of hydrogen-bond donors (Lipinski definition) is 1. The van der Waals surface area contributed by atoms with E-state index in [1.807, 2.05) is 32.0 Å². The number of hydrogen-bond acceptors (Lipinski definition) is 2. The Morgan fingerprint density at radius 3 is 2.60 bits per heavy atom. The highest BCUT2D eigenvalue weighted by Gasteiger charge is 2.17. The molecule has 106 valence electrons. The van der Waals surface area contributed by atoms with Gasteiger partial charge in [0.1, 0.15) is 11.6 Å². The van der Waals surface area contributed by atoms with E-state index in [9.17, 15) is 4.39 Å². The van der Waals surface area contributed by atoms with Crippen LogP contribution in [0.1, 0.15) is 24.1 Å². The van der Waals surface area contributed by atoms with Crippen LogP contribution in [0, 0.1) is 12.7 Å². The normalized spacial score (nSPS) is 12.1. The van der Waals surface area contributed by atoms with Gasteiger partial charge in [0, 0.05) is 10.2 Å². The Morgan fingerprint density at radius 2 is 1.90 bits per heavy atom. The number of nitrogens with one attached hydrogen (secondary N) is 1. The van der Waals surface area contributed by atoms with E-state index in [-0.39, 0.29) is 11.9 Å². The van der Waals surface area contributed by atoms with Gasteiger partial charge in [0.2, 0.25) is 0 Å². The Kier molecular flexibility index (Phi) is 4.65. The molecule has 0 bridgehead atoms. The summed E-state index contributed by atoms with van der Waals surface area (Å²) in [5.74, 6) is 0.280.